The van der Waals surface area contributed by atoms with E-state index in [1.807, 2.05) is 6.07 Å². The van der Waals surface area contributed by atoms with Gasteiger partial charge in [0.2, 0.25) is 0 Å². The molecule has 0 bridgehead atoms. The molecule has 1 aromatic carbocycles. The second kappa shape index (κ2) is 7.54. The fourth-order valence-corrected chi connectivity index (χ4v) is 3.68. The lowest BCUT2D eigenvalue weighted by atomic mass is 10.0. The highest BCUT2D eigenvalue weighted by Crippen LogP contribution is 2.36. The molecule has 1 heterocycles. The predicted molar refractivity (Wildman–Crippen MR) is 85.4 cm³/mol. The molecule has 0 aliphatic heterocycles. The van der Waals surface area contributed by atoms with Crippen molar-refractivity contribution >= 4 is 34.5 Å². The molecule has 0 saturated heterocycles. The highest BCUT2D eigenvalue weighted by Gasteiger charge is 2.18. The summed E-state index contributed by atoms with van der Waals surface area (Å²) in [7, 11) is 0. The van der Waals surface area contributed by atoms with Crippen LogP contribution >= 0.6 is 34.5 Å². The van der Waals surface area contributed by atoms with Crippen molar-refractivity contribution in [3.8, 4) is 0 Å². The van der Waals surface area contributed by atoms with E-state index in [9.17, 15) is 8.78 Å². The molecule has 0 aliphatic carbocycles. The second-order valence-corrected chi connectivity index (χ2v) is 7.02. The van der Waals surface area contributed by atoms with E-state index in [-0.39, 0.29) is 6.04 Å². The van der Waals surface area contributed by atoms with Crippen LogP contribution in [0.1, 0.15) is 30.5 Å². The minimum Gasteiger partial charge on any atom is -0.310 e. The Hall–Kier alpha value is -0.680. The Kier molecular flexibility index (Phi) is 5.99. The van der Waals surface area contributed by atoms with Gasteiger partial charge in [-0.2, -0.15) is 0 Å². The van der Waals surface area contributed by atoms with Gasteiger partial charge in [-0.1, -0.05) is 36.2 Å². The molecule has 1 unspecified atom stereocenters. The average molecular weight is 350 g/mol. The third kappa shape index (κ3) is 4.39. The zero-order chi connectivity index (χ0) is 15.4. The molecule has 0 amide bonds. The van der Waals surface area contributed by atoms with Gasteiger partial charge in [-0.3, -0.25) is 0 Å². The van der Waals surface area contributed by atoms with Gasteiger partial charge in [-0.05, 0) is 43.1 Å². The first-order valence-electron chi connectivity index (χ1n) is 6.63. The molecule has 1 nitrogen and oxygen atoms in total. The lowest BCUT2D eigenvalue weighted by Gasteiger charge is -2.18. The lowest BCUT2D eigenvalue weighted by Crippen LogP contribution is -2.24. The number of nitrogens with one attached hydrogen (secondary N) is 1. The quantitative estimate of drug-likeness (QED) is 0.713. The van der Waals surface area contributed by atoms with Gasteiger partial charge < -0.3 is 5.32 Å². The highest BCUT2D eigenvalue weighted by molar-refractivity contribution is 7.20. The molecule has 1 N–H and O–H groups in total. The van der Waals surface area contributed by atoms with Crippen molar-refractivity contribution in [1.29, 1.82) is 0 Å². The van der Waals surface area contributed by atoms with Gasteiger partial charge in [0.15, 0.2) is 11.6 Å². The molecule has 21 heavy (non-hydrogen) atoms. The minimum absolute atomic E-state index is 0.0777. The fraction of sp³-hybridized carbons (Fsp3) is 0.333. The molecular weight excluding hydrogens is 335 g/mol. The van der Waals surface area contributed by atoms with Crippen LogP contribution in [0.4, 0.5) is 8.78 Å². The standard InChI is InChI=1S/C15H15Cl2F2NS/c1-2-5-20-13(10-8-14(16)21-15(10)17)7-9-3-4-11(18)12(19)6-9/h3-4,6,8,13,20H,2,5,7H2,1H3. The summed E-state index contributed by atoms with van der Waals surface area (Å²) >= 11 is 13.5. The van der Waals surface area contributed by atoms with Gasteiger partial charge in [-0.15, -0.1) is 11.3 Å². The maximum Gasteiger partial charge on any atom is 0.159 e. The number of halogens is 4. The molecule has 6 heteroatoms. The summed E-state index contributed by atoms with van der Waals surface area (Å²) in [6, 6.07) is 5.69. The summed E-state index contributed by atoms with van der Waals surface area (Å²) < 4.78 is 27.6. The first-order valence-corrected chi connectivity index (χ1v) is 8.20. The molecular formula is C15H15Cl2F2NS. The first kappa shape index (κ1) is 16.7. The summed E-state index contributed by atoms with van der Waals surface area (Å²) in [4.78, 5) is 0. The van der Waals surface area contributed by atoms with E-state index in [1.165, 1.54) is 17.4 Å². The van der Waals surface area contributed by atoms with E-state index in [2.05, 4.69) is 12.2 Å². The van der Waals surface area contributed by atoms with Gasteiger partial charge >= 0.3 is 0 Å². The smallest absolute Gasteiger partial charge is 0.159 e. The van der Waals surface area contributed by atoms with Crippen LogP contribution in [0.3, 0.4) is 0 Å². The third-order valence-electron chi connectivity index (χ3n) is 3.12. The molecule has 0 saturated carbocycles. The Bertz CT molecular complexity index is 616. The summed E-state index contributed by atoms with van der Waals surface area (Å²) in [5, 5.41) is 3.37. The number of rotatable bonds is 6. The fourth-order valence-electron chi connectivity index (χ4n) is 2.10. The van der Waals surface area contributed by atoms with Gasteiger partial charge in [0, 0.05) is 11.6 Å². The van der Waals surface area contributed by atoms with Crippen molar-refractivity contribution in [3.05, 3.63) is 55.7 Å². The van der Waals surface area contributed by atoms with Crippen molar-refractivity contribution in [2.24, 2.45) is 0 Å². The maximum absolute atomic E-state index is 13.3. The lowest BCUT2D eigenvalue weighted by molar-refractivity contribution is 0.500. The highest BCUT2D eigenvalue weighted by atomic mass is 35.5. The summed E-state index contributed by atoms with van der Waals surface area (Å²) in [5.74, 6) is -1.68. The van der Waals surface area contributed by atoms with Crippen LogP contribution < -0.4 is 5.32 Å². The van der Waals surface area contributed by atoms with Crippen LogP contribution in [0.2, 0.25) is 8.67 Å². The van der Waals surface area contributed by atoms with Crippen LogP contribution in [-0.4, -0.2) is 6.54 Å². The van der Waals surface area contributed by atoms with Crippen LogP contribution in [0.15, 0.2) is 24.3 Å². The van der Waals surface area contributed by atoms with Gasteiger partial charge in [0.05, 0.1) is 8.67 Å². The molecule has 114 valence electrons. The van der Waals surface area contributed by atoms with Gasteiger partial charge in [0.1, 0.15) is 0 Å². The molecule has 1 aromatic heterocycles. The van der Waals surface area contributed by atoms with E-state index < -0.39 is 11.6 Å². The minimum atomic E-state index is -0.839. The van der Waals surface area contributed by atoms with E-state index in [0.29, 0.717) is 20.7 Å². The summed E-state index contributed by atoms with van der Waals surface area (Å²) in [5.41, 5.74) is 1.60. The monoisotopic (exact) mass is 349 g/mol. The van der Waals surface area contributed by atoms with Crippen molar-refractivity contribution < 1.29 is 8.78 Å². The maximum atomic E-state index is 13.3. The van der Waals surface area contributed by atoms with E-state index >= 15 is 0 Å². The van der Waals surface area contributed by atoms with E-state index in [4.69, 9.17) is 23.2 Å². The number of benzene rings is 1. The van der Waals surface area contributed by atoms with Crippen molar-refractivity contribution in [3.63, 3.8) is 0 Å². The van der Waals surface area contributed by atoms with Crippen LogP contribution in [0.5, 0.6) is 0 Å². The third-order valence-corrected chi connectivity index (χ3v) is 4.64. The SMILES string of the molecule is CCCNC(Cc1ccc(F)c(F)c1)c1cc(Cl)sc1Cl. The van der Waals surface area contributed by atoms with Crippen molar-refractivity contribution in [2.75, 3.05) is 6.54 Å². The molecule has 2 rings (SSSR count). The Labute approximate surface area is 136 Å². The Morgan fingerprint density at radius 2 is 1.95 bits per heavy atom. The largest absolute Gasteiger partial charge is 0.310 e. The van der Waals surface area contributed by atoms with Gasteiger partial charge in [-0.25, -0.2) is 8.78 Å². The van der Waals surface area contributed by atoms with Crippen LogP contribution in [0, 0.1) is 11.6 Å². The molecule has 2 aromatic rings. The predicted octanol–water partition coefficient (Wildman–Crippen LogP) is 5.62. The topological polar surface area (TPSA) is 12.0 Å². The Morgan fingerprint density at radius 1 is 1.19 bits per heavy atom. The normalized spacial score (nSPS) is 12.6. The Balaban J connectivity index is 2.23. The zero-order valence-corrected chi connectivity index (χ0v) is 13.8. The number of thiophene rings is 1. The Morgan fingerprint density at radius 3 is 2.52 bits per heavy atom. The average Bonchev–Trinajstić information content (AvgIpc) is 2.77. The van der Waals surface area contributed by atoms with Gasteiger partial charge in [0.25, 0.3) is 0 Å². The van der Waals surface area contributed by atoms with Crippen LogP contribution in [0.25, 0.3) is 0 Å². The van der Waals surface area contributed by atoms with Crippen molar-refractivity contribution in [1.82, 2.24) is 5.32 Å². The molecule has 0 spiro atoms. The molecule has 0 aliphatic rings. The summed E-state index contributed by atoms with van der Waals surface area (Å²) in [6.45, 7) is 2.86. The van der Waals surface area contributed by atoms with Crippen LogP contribution in [-0.2, 0) is 6.42 Å². The number of hydrogen-bond donors (Lipinski definition) is 1. The zero-order valence-electron chi connectivity index (χ0n) is 11.4. The van der Waals surface area contributed by atoms with E-state index in [0.717, 1.165) is 24.6 Å². The second-order valence-electron chi connectivity index (χ2n) is 4.74. The molecule has 1 atom stereocenters. The van der Waals surface area contributed by atoms with E-state index in [1.54, 1.807) is 6.07 Å². The summed E-state index contributed by atoms with van der Waals surface area (Å²) in [6.07, 6.45) is 1.48. The first-order chi connectivity index (χ1) is 10.0. The molecule has 0 radical (unpaired) electrons. The van der Waals surface area contributed by atoms with Crippen molar-refractivity contribution in [2.45, 2.75) is 25.8 Å². The molecule has 0 fully saturated rings. The number of hydrogen-bond acceptors (Lipinski definition) is 2.